The van der Waals surface area contributed by atoms with Crippen molar-refractivity contribution >= 4 is 17.3 Å². The fourth-order valence-corrected chi connectivity index (χ4v) is 1.15. The van der Waals surface area contributed by atoms with Crippen LogP contribution >= 0.6 is 11.8 Å². The smallest absolute Gasteiger partial charge is 0.0585 e. The minimum atomic E-state index is 1.23. The second kappa shape index (κ2) is 4.12. The molecule has 0 spiro atoms. The molecule has 1 nitrogen and oxygen atoms in total. The summed E-state index contributed by atoms with van der Waals surface area (Å²) in [7, 11) is 1.77. The Morgan fingerprint density at radius 3 is 2.60 bits per heavy atom. The molecule has 10 heavy (non-hydrogen) atoms. The maximum atomic E-state index is 3.87. The zero-order chi connectivity index (χ0) is 7.23. The summed E-state index contributed by atoms with van der Waals surface area (Å²) < 4.78 is 0. The van der Waals surface area contributed by atoms with Crippen molar-refractivity contribution in [2.75, 3.05) is 7.05 Å². The molecule has 0 bridgehead atoms. The second-order valence-electron chi connectivity index (χ2n) is 1.79. The van der Waals surface area contributed by atoms with Gasteiger partial charge in [-0.1, -0.05) is 30.0 Å². The van der Waals surface area contributed by atoms with Crippen LogP contribution in [0.25, 0.3) is 0 Å². The third kappa shape index (κ3) is 2.23. The molecular formula is C8H9NS. The van der Waals surface area contributed by atoms with Crippen LogP contribution in [0, 0.1) is 0 Å². The van der Waals surface area contributed by atoms with E-state index in [1.165, 1.54) is 4.90 Å². The number of benzene rings is 1. The Hall–Kier alpha value is -0.760. The largest absolute Gasteiger partial charge is 0.289 e. The molecule has 1 aromatic rings. The van der Waals surface area contributed by atoms with Crippen LogP contribution in [0.4, 0.5) is 0 Å². The highest BCUT2D eigenvalue weighted by molar-refractivity contribution is 8.12. The van der Waals surface area contributed by atoms with Gasteiger partial charge in [0.2, 0.25) is 0 Å². The van der Waals surface area contributed by atoms with Gasteiger partial charge in [0.1, 0.15) is 0 Å². The van der Waals surface area contributed by atoms with Gasteiger partial charge in [0, 0.05) is 11.9 Å². The quantitative estimate of drug-likeness (QED) is 0.359. The fraction of sp³-hybridized carbons (Fsp3) is 0.125. The van der Waals surface area contributed by atoms with Gasteiger partial charge in [0.25, 0.3) is 0 Å². The van der Waals surface area contributed by atoms with E-state index < -0.39 is 0 Å². The van der Waals surface area contributed by atoms with Crippen LogP contribution in [-0.2, 0) is 0 Å². The van der Waals surface area contributed by atoms with Crippen molar-refractivity contribution in [3.05, 3.63) is 30.3 Å². The van der Waals surface area contributed by atoms with E-state index in [-0.39, 0.29) is 0 Å². The molecule has 2 heteroatoms. The first kappa shape index (κ1) is 7.35. The van der Waals surface area contributed by atoms with Crippen molar-refractivity contribution in [3.63, 3.8) is 0 Å². The first-order valence-electron chi connectivity index (χ1n) is 3.06. The average Bonchev–Trinajstić information content (AvgIpc) is 2.03. The van der Waals surface area contributed by atoms with Crippen LogP contribution in [0.5, 0.6) is 0 Å². The Morgan fingerprint density at radius 2 is 2.00 bits per heavy atom. The van der Waals surface area contributed by atoms with Crippen molar-refractivity contribution in [1.82, 2.24) is 0 Å². The third-order valence-corrected chi connectivity index (χ3v) is 1.90. The zero-order valence-electron chi connectivity index (χ0n) is 5.82. The third-order valence-electron chi connectivity index (χ3n) is 1.04. The van der Waals surface area contributed by atoms with Crippen LogP contribution in [0.1, 0.15) is 0 Å². The van der Waals surface area contributed by atoms with E-state index >= 15 is 0 Å². The number of hydrogen-bond acceptors (Lipinski definition) is 2. The van der Waals surface area contributed by atoms with E-state index in [2.05, 4.69) is 17.1 Å². The van der Waals surface area contributed by atoms with E-state index in [0.29, 0.717) is 0 Å². The Labute approximate surface area is 65.2 Å². The SMILES string of the molecule is CN=CSc1ccccc1. The maximum Gasteiger partial charge on any atom is 0.0585 e. The fourth-order valence-electron chi connectivity index (χ4n) is 0.613. The highest BCUT2D eigenvalue weighted by Gasteiger charge is 1.84. The average molecular weight is 151 g/mol. The van der Waals surface area contributed by atoms with Gasteiger partial charge in [-0.2, -0.15) is 0 Å². The molecule has 0 unspecified atom stereocenters. The number of thioether (sulfide) groups is 1. The lowest BCUT2D eigenvalue weighted by atomic mass is 10.4. The van der Waals surface area contributed by atoms with Gasteiger partial charge in [0.15, 0.2) is 0 Å². The van der Waals surface area contributed by atoms with Crippen molar-refractivity contribution < 1.29 is 0 Å². The molecule has 0 aliphatic rings. The van der Waals surface area contributed by atoms with Crippen LogP contribution in [0.2, 0.25) is 0 Å². The number of aliphatic imine (C=N–C) groups is 1. The molecule has 0 saturated heterocycles. The van der Waals surface area contributed by atoms with Gasteiger partial charge >= 0.3 is 0 Å². The van der Waals surface area contributed by atoms with Gasteiger partial charge < -0.3 is 0 Å². The molecule has 1 aromatic carbocycles. The molecule has 0 amide bonds. The molecule has 0 radical (unpaired) electrons. The van der Waals surface area contributed by atoms with Crippen molar-refractivity contribution in [3.8, 4) is 0 Å². The molecule has 1 rings (SSSR count). The molecule has 52 valence electrons. The standard InChI is InChI=1S/C8H9NS/c1-9-7-10-8-5-3-2-4-6-8/h2-7H,1H3. The topological polar surface area (TPSA) is 12.4 Å². The van der Waals surface area contributed by atoms with Crippen molar-refractivity contribution in [1.29, 1.82) is 0 Å². The zero-order valence-corrected chi connectivity index (χ0v) is 6.64. The highest BCUT2D eigenvalue weighted by atomic mass is 32.2. The van der Waals surface area contributed by atoms with E-state index in [4.69, 9.17) is 0 Å². The summed E-state index contributed by atoms with van der Waals surface area (Å²) in [6.45, 7) is 0. The van der Waals surface area contributed by atoms with E-state index in [1.54, 1.807) is 18.8 Å². The lowest BCUT2D eigenvalue weighted by Gasteiger charge is -1.90. The number of rotatable bonds is 2. The monoisotopic (exact) mass is 151 g/mol. The van der Waals surface area contributed by atoms with E-state index in [1.807, 2.05) is 23.7 Å². The summed E-state index contributed by atoms with van der Waals surface area (Å²) in [5.41, 5.74) is 1.83. The molecule has 0 heterocycles. The second-order valence-corrected chi connectivity index (χ2v) is 2.71. The van der Waals surface area contributed by atoms with Crippen LogP contribution in [0.3, 0.4) is 0 Å². The molecule has 0 fully saturated rings. The van der Waals surface area contributed by atoms with Crippen LogP contribution in [-0.4, -0.2) is 12.6 Å². The summed E-state index contributed by atoms with van der Waals surface area (Å²) in [6, 6.07) is 10.2. The van der Waals surface area contributed by atoms with E-state index in [9.17, 15) is 0 Å². The Balaban J connectivity index is 2.59. The molecule has 0 N–H and O–H groups in total. The van der Waals surface area contributed by atoms with Gasteiger partial charge in [-0.25, -0.2) is 0 Å². The summed E-state index contributed by atoms with van der Waals surface area (Å²) in [4.78, 5) is 5.10. The minimum absolute atomic E-state index is 1.23. The number of hydrogen-bond donors (Lipinski definition) is 0. The summed E-state index contributed by atoms with van der Waals surface area (Å²) >= 11 is 1.63. The lowest BCUT2D eigenvalue weighted by Crippen LogP contribution is -1.67. The van der Waals surface area contributed by atoms with Crippen molar-refractivity contribution in [2.45, 2.75) is 4.90 Å². The Bertz CT molecular complexity index is 206. The molecular weight excluding hydrogens is 142 g/mol. The molecule has 0 aromatic heterocycles. The summed E-state index contributed by atoms with van der Waals surface area (Å²) in [5.74, 6) is 0. The Morgan fingerprint density at radius 1 is 1.30 bits per heavy atom. The van der Waals surface area contributed by atoms with Crippen LogP contribution in [0.15, 0.2) is 40.2 Å². The van der Waals surface area contributed by atoms with Gasteiger partial charge in [-0.15, -0.1) is 0 Å². The molecule has 0 aliphatic carbocycles. The molecule has 0 saturated carbocycles. The van der Waals surface area contributed by atoms with Gasteiger partial charge in [-0.05, 0) is 12.1 Å². The predicted octanol–water partition coefficient (Wildman–Crippen LogP) is 2.44. The summed E-state index contributed by atoms with van der Waals surface area (Å²) in [5, 5.41) is 0. The van der Waals surface area contributed by atoms with Gasteiger partial charge in [-0.3, -0.25) is 4.99 Å². The predicted molar refractivity (Wildman–Crippen MR) is 46.7 cm³/mol. The normalized spacial score (nSPS) is 10.5. The minimum Gasteiger partial charge on any atom is -0.289 e. The van der Waals surface area contributed by atoms with E-state index in [0.717, 1.165) is 0 Å². The highest BCUT2D eigenvalue weighted by Crippen LogP contribution is 2.13. The lowest BCUT2D eigenvalue weighted by molar-refractivity contribution is 1.46. The van der Waals surface area contributed by atoms with Gasteiger partial charge in [0.05, 0.1) is 5.55 Å². The molecule has 0 atom stereocenters. The molecule has 0 aliphatic heterocycles. The Kier molecular flexibility index (Phi) is 3.03. The summed E-state index contributed by atoms with van der Waals surface area (Å²) in [6.07, 6.45) is 0. The van der Waals surface area contributed by atoms with Crippen molar-refractivity contribution in [2.24, 2.45) is 4.99 Å². The number of nitrogens with zero attached hydrogens (tertiary/aromatic N) is 1. The first-order chi connectivity index (χ1) is 4.93. The maximum absolute atomic E-state index is 3.87. The van der Waals surface area contributed by atoms with Crippen LogP contribution < -0.4 is 0 Å². The first-order valence-corrected chi connectivity index (χ1v) is 3.94.